The van der Waals surface area contributed by atoms with Gasteiger partial charge in [0.1, 0.15) is 23.9 Å². The smallest absolute Gasteiger partial charge is 0.289 e. The monoisotopic (exact) mass is 789 g/mol. The number of Topliss-reactive ketones (excluding diaryl/α,β-unsaturated/α-hetero) is 1. The second-order valence-corrected chi connectivity index (χ2v) is 16.3. The van der Waals surface area contributed by atoms with Gasteiger partial charge in [0, 0.05) is 30.9 Å². The van der Waals surface area contributed by atoms with Crippen molar-refractivity contribution in [2.45, 2.75) is 130 Å². The predicted octanol–water partition coefficient (Wildman–Crippen LogP) is 3.80. The number of nitrogens with one attached hydrogen (secondary N) is 5. The predicted molar refractivity (Wildman–Crippen MR) is 221 cm³/mol. The van der Waals surface area contributed by atoms with Crippen LogP contribution < -0.4 is 31.3 Å². The van der Waals surface area contributed by atoms with Gasteiger partial charge in [0.05, 0.1) is 19.1 Å². The third kappa shape index (κ3) is 13.0. The lowest BCUT2D eigenvalue weighted by molar-refractivity contribution is -0.140. The molecule has 1 aliphatic carbocycles. The van der Waals surface area contributed by atoms with Gasteiger partial charge in [0.15, 0.2) is 5.84 Å². The highest BCUT2D eigenvalue weighted by atomic mass is 16.5. The van der Waals surface area contributed by atoms with Gasteiger partial charge in [-0.25, -0.2) is 0 Å². The molecule has 0 spiro atoms. The molecule has 5 rings (SSSR count). The lowest BCUT2D eigenvalue weighted by Gasteiger charge is -2.35. The maximum atomic E-state index is 14.0. The lowest BCUT2D eigenvalue weighted by atomic mass is 9.84. The van der Waals surface area contributed by atoms with Crippen molar-refractivity contribution in [3.8, 4) is 5.75 Å². The van der Waals surface area contributed by atoms with Gasteiger partial charge in [0.2, 0.25) is 24.0 Å². The number of hydrogen-bond acceptors (Lipinski definition) is 9. The van der Waals surface area contributed by atoms with E-state index in [9.17, 15) is 28.8 Å². The van der Waals surface area contributed by atoms with Gasteiger partial charge < -0.3 is 36.2 Å². The van der Waals surface area contributed by atoms with Crippen molar-refractivity contribution in [3.05, 3.63) is 42.5 Å². The third-order valence-corrected chi connectivity index (χ3v) is 10.4. The second kappa shape index (κ2) is 21.5. The summed E-state index contributed by atoms with van der Waals surface area (Å²) in [7, 11) is 0. The molecule has 14 heteroatoms. The van der Waals surface area contributed by atoms with Crippen LogP contribution in [0.5, 0.6) is 5.75 Å². The van der Waals surface area contributed by atoms with Crippen molar-refractivity contribution in [2.24, 2.45) is 16.3 Å². The fourth-order valence-corrected chi connectivity index (χ4v) is 7.25. The molecule has 1 saturated carbocycles. The summed E-state index contributed by atoms with van der Waals surface area (Å²) in [6.07, 6.45) is 7.51. The number of likely N-dealkylation sites (tertiary alicyclic amines) is 1. The Bertz CT molecular complexity index is 1730. The highest BCUT2D eigenvalue weighted by Gasteiger charge is 2.41. The van der Waals surface area contributed by atoms with Crippen molar-refractivity contribution < 1.29 is 33.5 Å². The van der Waals surface area contributed by atoms with E-state index in [0.29, 0.717) is 45.4 Å². The Hall–Kier alpha value is -5.01. The number of nitrogens with zero attached hydrogens (tertiary/aromatic N) is 2. The molecule has 0 radical (unpaired) electrons. The van der Waals surface area contributed by atoms with Crippen LogP contribution >= 0.6 is 0 Å². The number of aliphatic imine (C=N–C) groups is 1. The van der Waals surface area contributed by atoms with Crippen LogP contribution in [0.1, 0.15) is 99.3 Å². The fraction of sp³-hybridized carbons (Fsp3) is 0.605. The molecule has 0 aromatic heterocycles. The summed E-state index contributed by atoms with van der Waals surface area (Å²) in [5.74, 6) is -0.938. The first kappa shape index (κ1) is 44.7. The van der Waals surface area contributed by atoms with E-state index in [4.69, 9.17) is 4.74 Å². The summed E-state index contributed by atoms with van der Waals surface area (Å²) in [6.45, 7) is 14.1. The standard InChI is InChI=1S/C33H47N5O4.C10H16N2O3/c1-6-11-23(12-7-2)27(36-31(40)29-34-18-19-35-29)30(39)37-28(33(3,4)5)32(41)38-20-17-24(21-38)42-26-16-10-14-22-13-8-9-15-25(22)26;1-2-3-8(11-6-13)9(14)10(15)12-7-4-5-7/h8-10,13-16,23-24,27-28H,6-7,11-12,17-21H2,1-5H3,(H,34,35)(H,36,40)(H,37,39);6-8H,2-5H2,1H3,(H,11,13)(H,12,15)/t24-,27+,28?;8-/m10/s1. The van der Waals surface area contributed by atoms with Gasteiger partial charge in [-0.05, 0) is 54.9 Å². The molecule has 4 atom stereocenters. The minimum atomic E-state index is -0.763. The molecule has 2 aromatic carbocycles. The Kier molecular flexibility index (Phi) is 16.9. The molecule has 57 heavy (non-hydrogen) atoms. The normalized spacial score (nSPS) is 17.9. The van der Waals surface area contributed by atoms with Crippen LogP contribution in [0.4, 0.5) is 0 Å². The number of hydrogen-bond donors (Lipinski definition) is 5. The average molecular weight is 790 g/mol. The Balaban J connectivity index is 0.000000403. The Labute approximate surface area is 337 Å². The summed E-state index contributed by atoms with van der Waals surface area (Å²) in [6, 6.07) is 12.1. The van der Waals surface area contributed by atoms with E-state index in [1.165, 1.54) is 0 Å². The molecule has 14 nitrogen and oxygen atoms in total. The molecule has 5 amide bonds. The average Bonchev–Trinajstić information content (AvgIpc) is 3.59. The van der Waals surface area contributed by atoms with Crippen LogP contribution in [0.2, 0.25) is 0 Å². The summed E-state index contributed by atoms with van der Waals surface area (Å²) >= 11 is 0. The molecule has 3 aliphatic rings. The Morgan fingerprint density at radius 2 is 1.61 bits per heavy atom. The van der Waals surface area contributed by atoms with Crippen LogP contribution in [0.15, 0.2) is 47.5 Å². The quantitative estimate of drug-likeness (QED) is 0.105. The van der Waals surface area contributed by atoms with E-state index in [1.807, 2.05) is 58.0 Å². The minimum Gasteiger partial charge on any atom is -0.488 e. The van der Waals surface area contributed by atoms with Crippen LogP contribution in [0.25, 0.3) is 10.8 Å². The Morgan fingerprint density at radius 1 is 0.930 bits per heavy atom. The van der Waals surface area contributed by atoms with Gasteiger partial charge in [-0.15, -0.1) is 0 Å². The second-order valence-electron chi connectivity index (χ2n) is 16.3. The number of fused-ring (bicyclic) bond motifs is 1. The highest BCUT2D eigenvalue weighted by molar-refractivity contribution is 6.39. The van der Waals surface area contributed by atoms with E-state index < -0.39 is 35.2 Å². The van der Waals surface area contributed by atoms with Crippen molar-refractivity contribution in [3.63, 3.8) is 0 Å². The molecular formula is C43H63N7O7. The van der Waals surface area contributed by atoms with Crippen molar-refractivity contribution in [1.29, 1.82) is 0 Å². The number of ketones is 1. The first-order valence-corrected chi connectivity index (χ1v) is 20.7. The van der Waals surface area contributed by atoms with Crippen molar-refractivity contribution >= 4 is 52.4 Å². The van der Waals surface area contributed by atoms with Crippen LogP contribution in [-0.4, -0.2) is 103 Å². The molecule has 2 aliphatic heterocycles. The molecule has 0 bridgehead atoms. The summed E-state index contributed by atoms with van der Waals surface area (Å²) in [4.78, 5) is 80.1. The molecule has 5 N–H and O–H groups in total. The molecule has 2 fully saturated rings. The number of amides is 5. The van der Waals surface area contributed by atoms with Crippen LogP contribution in [0, 0.1) is 11.3 Å². The number of rotatable bonds is 19. The van der Waals surface area contributed by atoms with Gasteiger partial charge in [-0.1, -0.05) is 97.2 Å². The highest BCUT2D eigenvalue weighted by Crippen LogP contribution is 2.29. The van der Waals surface area contributed by atoms with E-state index in [1.54, 1.807) is 4.90 Å². The number of ether oxygens (including phenoxy) is 1. The SMILES string of the molecule is CCCC(CCC)[C@H](NC(=O)C1=NCCN1)C(=O)NC(C(=O)N1CC[C@@H](Oc2cccc3ccccc23)C1)C(C)(C)C.CCC[C@H](NC=O)C(=O)C(=O)NC1CC1. The number of benzene rings is 2. The first-order chi connectivity index (χ1) is 27.3. The zero-order valence-corrected chi connectivity index (χ0v) is 34.5. The maximum absolute atomic E-state index is 14.0. The van der Waals surface area contributed by atoms with Crippen LogP contribution in [-0.2, 0) is 28.8 Å². The summed E-state index contributed by atoms with van der Waals surface area (Å²) in [5, 5.41) is 16.1. The largest absolute Gasteiger partial charge is 0.488 e. The molecule has 1 unspecified atom stereocenters. The third-order valence-electron chi connectivity index (χ3n) is 10.4. The minimum absolute atomic E-state index is 0.0491. The topological polar surface area (TPSA) is 187 Å². The first-order valence-electron chi connectivity index (χ1n) is 20.7. The van der Waals surface area contributed by atoms with Crippen molar-refractivity contribution in [2.75, 3.05) is 26.2 Å². The number of carbonyl (C=O) groups excluding carboxylic acids is 6. The summed E-state index contributed by atoms with van der Waals surface area (Å²) in [5.41, 5.74) is -0.544. The zero-order chi connectivity index (χ0) is 41.5. The van der Waals surface area contributed by atoms with E-state index in [0.717, 1.165) is 61.5 Å². The van der Waals surface area contributed by atoms with E-state index in [-0.39, 0.29) is 41.6 Å². The number of carbonyl (C=O) groups is 6. The lowest BCUT2D eigenvalue weighted by Crippen LogP contribution is -2.60. The fourth-order valence-electron chi connectivity index (χ4n) is 7.25. The molecule has 312 valence electrons. The van der Waals surface area contributed by atoms with Gasteiger partial charge in [0.25, 0.3) is 11.8 Å². The zero-order valence-electron chi connectivity index (χ0n) is 34.5. The van der Waals surface area contributed by atoms with Crippen molar-refractivity contribution in [1.82, 2.24) is 31.5 Å². The maximum Gasteiger partial charge on any atom is 0.289 e. The molecular weight excluding hydrogens is 727 g/mol. The molecule has 2 heterocycles. The van der Waals surface area contributed by atoms with Gasteiger partial charge in [-0.3, -0.25) is 33.8 Å². The van der Waals surface area contributed by atoms with E-state index in [2.05, 4.69) is 57.6 Å². The summed E-state index contributed by atoms with van der Waals surface area (Å²) < 4.78 is 6.39. The van der Waals surface area contributed by atoms with E-state index >= 15 is 0 Å². The van der Waals surface area contributed by atoms with Gasteiger partial charge in [-0.2, -0.15) is 0 Å². The molecule has 2 aromatic rings. The Morgan fingerprint density at radius 3 is 2.23 bits per heavy atom. The number of amidine groups is 1. The molecule has 1 saturated heterocycles. The van der Waals surface area contributed by atoms with Gasteiger partial charge >= 0.3 is 0 Å². The van der Waals surface area contributed by atoms with Crippen LogP contribution in [0.3, 0.4) is 0 Å².